The Labute approximate surface area is 636 Å². The second-order valence-corrected chi connectivity index (χ2v) is 25.9. The third kappa shape index (κ3) is 35.4. The molecule has 0 aromatic heterocycles. The Bertz CT molecular complexity index is 3360. The molecule has 0 radical (unpaired) electrons. The first kappa shape index (κ1) is 93.9. The normalized spacial score (nSPS) is 14.8. The van der Waals surface area contributed by atoms with Gasteiger partial charge in [0, 0.05) is 37.4 Å². The van der Waals surface area contributed by atoms with Crippen molar-refractivity contribution in [2.75, 3.05) is 57.4 Å². The monoisotopic (exact) mass is 1560 g/mol. The van der Waals surface area contributed by atoms with Gasteiger partial charge in [0.25, 0.3) is 0 Å². The fraction of sp³-hybridized carbons (Fsp3) is 0.567. The van der Waals surface area contributed by atoms with E-state index in [9.17, 15) is 87.2 Å². The summed E-state index contributed by atoms with van der Waals surface area (Å²) in [7, 11) is 0. The lowest BCUT2D eigenvalue weighted by Crippen LogP contribution is -2.62. The Kier molecular flexibility index (Phi) is 44.4. The van der Waals surface area contributed by atoms with Crippen LogP contribution in [0.25, 0.3) is 0 Å². The highest BCUT2D eigenvalue weighted by atomic mass is 32.1. The van der Waals surface area contributed by atoms with E-state index in [0.717, 1.165) is 0 Å². The SMILES string of the molecule is CC[C@H](C)[C@H](NC(=O)[C@H](CCCN)NC(=O)CNC(=O)CNC(=O)[C@H](Cc1ccccc1)NC(=O)[C@H](CS)NC(=O)[C@H](CO)NC(=O)[C@@H](N)CO)C(=O)N[C@@H](CC(=O)O)C(=O)N[C@@H](CCCN=C(N)N)C(=O)N[C@H](C(=O)N[C@@H](CS)C(=O)N[C@@H](Cc1ccccc1)C(=O)N[C@H](C=O)CCCN=C(N)N)[C@@H](C)CC. The van der Waals surface area contributed by atoms with Crippen LogP contribution in [0.15, 0.2) is 70.6 Å². The van der Waals surface area contributed by atoms with E-state index in [1.165, 1.54) is 0 Å². The lowest BCUT2D eigenvalue weighted by molar-refractivity contribution is -0.142. The van der Waals surface area contributed by atoms with Crippen LogP contribution in [-0.4, -0.2) is 246 Å². The molecule has 2 aromatic rings. The molecular weight excluding hydrogens is 1450 g/mol. The molecule has 0 saturated heterocycles. The van der Waals surface area contributed by atoms with Gasteiger partial charge in [-0.15, -0.1) is 0 Å². The van der Waals surface area contributed by atoms with Crippen molar-refractivity contribution in [2.24, 2.45) is 56.2 Å². The molecule has 2 aromatic carbocycles. The molecule has 0 unspecified atom stereocenters. The van der Waals surface area contributed by atoms with E-state index in [2.05, 4.69) is 104 Å². The molecule has 0 spiro atoms. The number of aliphatic hydroxyl groups excluding tert-OH is 2. The summed E-state index contributed by atoms with van der Waals surface area (Å²) >= 11 is 8.44. The number of aliphatic hydroxyl groups is 2. The number of rotatable bonds is 52. The minimum atomic E-state index is -1.95. The topological polar surface area (TPSA) is 654 Å². The first-order valence-electron chi connectivity index (χ1n) is 34.9. The van der Waals surface area contributed by atoms with Crippen LogP contribution in [-0.2, 0) is 84.8 Å². The largest absolute Gasteiger partial charge is 0.481 e. The number of carboxylic acids is 1. The van der Waals surface area contributed by atoms with Crippen molar-refractivity contribution in [3.05, 3.63) is 71.8 Å². The number of aliphatic imine (C=N–C) groups is 2. The number of aldehydes is 1. The van der Waals surface area contributed by atoms with Crippen LogP contribution in [0.2, 0.25) is 0 Å². The maximum Gasteiger partial charge on any atom is 0.305 e. The summed E-state index contributed by atoms with van der Waals surface area (Å²) in [5.41, 5.74) is 34.3. The number of guanidine groups is 2. The second-order valence-electron chi connectivity index (χ2n) is 25.2. The van der Waals surface area contributed by atoms with Crippen molar-refractivity contribution in [2.45, 2.75) is 171 Å². The van der Waals surface area contributed by atoms with Crippen LogP contribution < -0.4 is 104 Å². The number of carbonyl (C=O) groups excluding carboxylic acids is 14. The van der Waals surface area contributed by atoms with E-state index >= 15 is 0 Å². The molecule has 14 atom stereocenters. The van der Waals surface area contributed by atoms with Gasteiger partial charge in [0.05, 0.1) is 38.8 Å². The molecule has 600 valence electrons. The van der Waals surface area contributed by atoms with Crippen molar-refractivity contribution in [1.82, 2.24) is 69.1 Å². The van der Waals surface area contributed by atoms with Gasteiger partial charge in [-0.05, 0) is 68.0 Å². The highest BCUT2D eigenvalue weighted by Gasteiger charge is 2.38. The van der Waals surface area contributed by atoms with Crippen LogP contribution in [0.4, 0.5) is 0 Å². The number of hydrogen-bond acceptors (Lipinski definition) is 23. The summed E-state index contributed by atoms with van der Waals surface area (Å²) in [5, 5.41) is 61.0. The molecular formula is C67H107N21O18S2. The van der Waals surface area contributed by atoms with E-state index in [-0.39, 0.29) is 101 Å². The molecule has 0 heterocycles. The zero-order valence-electron chi connectivity index (χ0n) is 60.8. The van der Waals surface area contributed by atoms with Crippen LogP contribution in [0.1, 0.15) is 96.6 Å². The fourth-order valence-electron chi connectivity index (χ4n) is 10.1. The quantitative estimate of drug-likeness (QED) is 0.00962. The summed E-state index contributed by atoms with van der Waals surface area (Å²) in [4.78, 5) is 211. The molecule has 108 heavy (non-hydrogen) atoms. The average molecular weight is 1560 g/mol. The van der Waals surface area contributed by atoms with Crippen LogP contribution in [0, 0.1) is 11.8 Å². The minimum Gasteiger partial charge on any atom is -0.481 e. The standard InChI is InChI=1S/C67H107N21O18S2/c1-5-36(3)53(87-57(98)42(21-13-23-68)79-51(93)30-76-50(92)29-77-56(97)44(26-38-16-9-7-10-17-38)81-62(103)48(34-107)85-61(102)47(33-91)84-55(96)41(69)32-90)64(105)83-46(28-52(94)95)60(101)80-43(22-15-25-75-67(72)73)58(99)88-54(37(4)6-2)65(106)86-49(35-108)63(104)82-45(27-39-18-11-8-12-19-39)59(100)78-40(31-89)20-14-24-74-66(70)71/h7-12,16-19,31,36-37,40-49,53-54,90-91,107-108H,5-6,13-15,20-30,32-35,68-69H2,1-4H3,(H,76,92)(H,77,97)(H,78,100)(H,79,93)(H,80,101)(H,81,103)(H,82,104)(H,83,105)(H,84,96)(H,85,102)(H,86,106)(H,87,98)(H,88,99)(H,94,95)(H4,70,71,74)(H4,72,73,75)/t36-,37-,40-,41-,42-,43-,44-,45-,46-,47-,48-,49-,53-,54-/m0/s1. The zero-order chi connectivity index (χ0) is 81.0. The first-order valence-corrected chi connectivity index (χ1v) is 36.2. The predicted molar refractivity (Wildman–Crippen MR) is 403 cm³/mol. The summed E-state index contributed by atoms with van der Waals surface area (Å²) < 4.78 is 0. The number of carbonyl (C=O) groups is 15. The number of thiol groups is 2. The highest BCUT2D eigenvalue weighted by molar-refractivity contribution is 7.80. The maximum atomic E-state index is 14.5. The van der Waals surface area contributed by atoms with Crippen molar-refractivity contribution in [3.8, 4) is 0 Å². The molecule has 0 aliphatic carbocycles. The van der Waals surface area contributed by atoms with Crippen molar-refractivity contribution < 1.29 is 87.2 Å². The van der Waals surface area contributed by atoms with Crippen molar-refractivity contribution in [1.29, 1.82) is 0 Å². The van der Waals surface area contributed by atoms with Gasteiger partial charge in [0.2, 0.25) is 76.8 Å². The van der Waals surface area contributed by atoms with Crippen LogP contribution in [0.3, 0.4) is 0 Å². The molecule has 0 saturated carbocycles. The summed E-state index contributed by atoms with van der Waals surface area (Å²) in [6, 6.07) is -0.632. The van der Waals surface area contributed by atoms with Gasteiger partial charge in [-0.2, -0.15) is 25.3 Å². The van der Waals surface area contributed by atoms with E-state index in [1.54, 1.807) is 88.4 Å². The van der Waals surface area contributed by atoms with Gasteiger partial charge in [0.1, 0.15) is 72.7 Å². The van der Waals surface area contributed by atoms with Gasteiger partial charge < -0.3 is 124 Å². The van der Waals surface area contributed by atoms with E-state index in [4.69, 9.17) is 34.4 Å². The Hall–Kier alpha value is -10.2. The lowest BCUT2D eigenvalue weighted by atomic mass is 9.96. The number of hydrogen-bond donors (Lipinski definition) is 24. The van der Waals surface area contributed by atoms with Gasteiger partial charge in [-0.3, -0.25) is 77.1 Å². The number of benzene rings is 2. The number of nitrogens with one attached hydrogen (secondary N) is 13. The molecule has 39 nitrogen and oxygen atoms in total. The number of carboxylic acid groups (broad SMARTS) is 1. The number of nitrogens with two attached hydrogens (primary N) is 6. The molecule has 0 aliphatic heterocycles. The Morgan fingerprint density at radius 3 is 1.29 bits per heavy atom. The van der Waals surface area contributed by atoms with Crippen LogP contribution in [0.5, 0.6) is 0 Å². The van der Waals surface area contributed by atoms with E-state index < -0.39 is 200 Å². The maximum absolute atomic E-state index is 14.5. The lowest BCUT2D eigenvalue weighted by Gasteiger charge is -2.30. The molecule has 2 rings (SSSR count). The minimum absolute atomic E-state index is 0.000675. The summed E-state index contributed by atoms with van der Waals surface area (Å²) in [6.45, 7) is 3.39. The molecule has 0 fully saturated rings. The smallest absolute Gasteiger partial charge is 0.305 e. The van der Waals surface area contributed by atoms with Gasteiger partial charge in [-0.1, -0.05) is 101 Å². The Morgan fingerprint density at radius 1 is 0.454 bits per heavy atom. The van der Waals surface area contributed by atoms with Gasteiger partial charge in [0.15, 0.2) is 11.9 Å². The molecule has 28 N–H and O–H groups in total. The third-order valence-electron chi connectivity index (χ3n) is 16.7. The molecule has 0 bridgehead atoms. The second kappa shape index (κ2) is 51.1. The summed E-state index contributed by atoms with van der Waals surface area (Å²) in [5.74, 6) is -16.6. The highest BCUT2D eigenvalue weighted by Crippen LogP contribution is 2.15. The Balaban J connectivity index is 2.34. The van der Waals surface area contributed by atoms with Crippen molar-refractivity contribution >= 4 is 126 Å². The molecule has 41 heteroatoms. The van der Waals surface area contributed by atoms with Gasteiger partial charge >= 0.3 is 5.97 Å². The number of amides is 13. The average Bonchev–Trinajstić information content (AvgIpc) is 0.859. The molecule has 13 amide bonds. The van der Waals surface area contributed by atoms with Gasteiger partial charge in [-0.25, -0.2) is 0 Å². The number of nitrogens with zero attached hydrogens (tertiary/aromatic N) is 2. The fourth-order valence-corrected chi connectivity index (χ4v) is 10.6. The van der Waals surface area contributed by atoms with Crippen molar-refractivity contribution in [3.63, 3.8) is 0 Å². The van der Waals surface area contributed by atoms with E-state index in [1.807, 2.05) is 0 Å². The molecule has 0 aliphatic rings. The third-order valence-corrected chi connectivity index (χ3v) is 17.4. The summed E-state index contributed by atoms with van der Waals surface area (Å²) in [6.07, 6.45) is -0.0553. The predicted octanol–water partition coefficient (Wildman–Crippen LogP) is -8.18. The van der Waals surface area contributed by atoms with Crippen LogP contribution >= 0.6 is 25.3 Å². The number of aliphatic carboxylic acids is 1. The Morgan fingerprint density at radius 2 is 0.843 bits per heavy atom. The van der Waals surface area contributed by atoms with E-state index in [0.29, 0.717) is 23.8 Å². The zero-order valence-corrected chi connectivity index (χ0v) is 62.6. The first-order chi connectivity index (χ1) is 51.3.